The van der Waals surface area contributed by atoms with E-state index in [0.717, 1.165) is 12.1 Å². The molecule has 2 rings (SSSR count). The summed E-state index contributed by atoms with van der Waals surface area (Å²) >= 11 is 1.68. The van der Waals surface area contributed by atoms with Crippen LogP contribution in [-0.2, 0) is 24.9 Å². The molecule has 0 aromatic carbocycles. The number of thiophene rings is 1. The fraction of sp³-hybridized carbons (Fsp3) is 0.467. The van der Waals surface area contributed by atoms with Crippen molar-refractivity contribution in [2.24, 2.45) is 7.05 Å². The van der Waals surface area contributed by atoms with Crippen LogP contribution in [0.2, 0.25) is 0 Å². The number of carbonyl (C=O) groups is 1. The first kappa shape index (κ1) is 16.5. The van der Waals surface area contributed by atoms with Crippen molar-refractivity contribution in [2.45, 2.75) is 39.5 Å². The van der Waals surface area contributed by atoms with Gasteiger partial charge in [-0.3, -0.25) is 10.00 Å². The molecule has 2 aromatic heterocycles. The van der Waals surface area contributed by atoms with Crippen LogP contribution in [0.15, 0.2) is 23.0 Å². The molecule has 0 saturated carbocycles. The summed E-state index contributed by atoms with van der Waals surface area (Å²) in [7, 11) is 1.79. The van der Waals surface area contributed by atoms with Gasteiger partial charge in [-0.25, -0.2) is 4.79 Å². The molecule has 6 nitrogen and oxygen atoms in total. The van der Waals surface area contributed by atoms with E-state index in [-0.39, 0.29) is 0 Å². The van der Waals surface area contributed by atoms with Gasteiger partial charge in [0.25, 0.3) is 0 Å². The van der Waals surface area contributed by atoms with Crippen molar-refractivity contribution < 1.29 is 9.53 Å². The molecule has 0 radical (unpaired) electrons. The molecule has 0 spiro atoms. The van der Waals surface area contributed by atoms with Gasteiger partial charge >= 0.3 is 6.09 Å². The molecule has 2 aromatic rings. The number of ether oxygens (including phenoxy) is 1. The molecule has 120 valence electrons. The van der Waals surface area contributed by atoms with E-state index in [1.807, 2.05) is 20.8 Å². The van der Waals surface area contributed by atoms with Crippen molar-refractivity contribution in [1.29, 1.82) is 0 Å². The van der Waals surface area contributed by atoms with Crippen LogP contribution in [0.3, 0.4) is 0 Å². The largest absolute Gasteiger partial charge is 0.444 e. The van der Waals surface area contributed by atoms with Crippen LogP contribution in [0, 0.1) is 0 Å². The van der Waals surface area contributed by atoms with Gasteiger partial charge < -0.3 is 10.1 Å². The molecular weight excluding hydrogens is 300 g/mol. The Morgan fingerprint density at radius 1 is 1.41 bits per heavy atom. The number of nitrogens with one attached hydrogen (secondary N) is 2. The highest BCUT2D eigenvalue weighted by molar-refractivity contribution is 7.07. The van der Waals surface area contributed by atoms with Gasteiger partial charge in [0.05, 0.1) is 6.20 Å². The molecule has 0 aliphatic rings. The maximum Gasteiger partial charge on any atom is 0.413 e. The van der Waals surface area contributed by atoms with Gasteiger partial charge in [-0.05, 0) is 43.2 Å². The fourth-order valence-corrected chi connectivity index (χ4v) is 2.58. The number of anilines is 1. The molecule has 0 unspecified atom stereocenters. The Labute approximate surface area is 134 Å². The number of hydrogen-bond donors (Lipinski definition) is 2. The summed E-state index contributed by atoms with van der Waals surface area (Å²) in [6.45, 7) is 6.90. The van der Waals surface area contributed by atoms with Crippen molar-refractivity contribution in [3.8, 4) is 0 Å². The van der Waals surface area contributed by atoms with E-state index >= 15 is 0 Å². The molecule has 0 fully saturated rings. The Morgan fingerprint density at radius 3 is 2.82 bits per heavy atom. The minimum Gasteiger partial charge on any atom is -0.444 e. The molecule has 0 saturated heterocycles. The first-order chi connectivity index (χ1) is 10.3. The van der Waals surface area contributed by atoms with Crippen molar-refractivity contribution in [2.75, 3.05) is 5.32 Å². The van der Waals surface area contributed by atoms with Crippen molar-refractivity contribution >= 4 is 23.2 Å². The predicted molar refractivity (Wildman–Crippen MR) is 87.9 cm³/mol. The van der Waals surface area contributed by atoms with Crippen LogP contribution in [0.5, 0.6) is 0 Å². The zero-order valence-electron chi connectivity index (χ0n) is 13.3. The SMILES string of the molecule is Cn1ncc(CNCc2ccsc2)c1NC(=O)OC(C)(C)C. The third-order valence-corrected chi connectivity index (χ3v) is 3.59. The fourth-order valence-electron chi connectivity index (χ4n) is 1.91. The monoisotopic (exact) mass is 322 g/mol. The second kappa shape index (κ2) is 6.93. The molecule has 22 heavy (non-hydrogen) atoms. The van der Waals surface area contributed by atoms with Crippen molar-refractivity contribution in [1.82, 2.24) is 15.1 Å². The second-order valence-corrected chi connectivity index (χ2v) is 6.78. The lowest BCUT2D eigenvalue weighted by Crippen LogP contribution is -2.28. The van der Waals surface area contributed by atoms with E-state index in [1.54, 1.807) is 29.3 Å². The van der Waals surface area contributed by atoms with Crippen LogP contribution >= 0.6 is 11.3 Å². The lowest BCUT2D eigenvalue weighted by molar-refractivity contribution is 0.0634. The Bertz CT molecular complexity index is 614. The number of rotatable bonds is 5. The van der Waals surface area contributed by atoms with Gasteiger partial charge in [0.15, 0.2) is 0 Å². The quantitative estimate of drug-likeness (QED) is 0.887. The summed E-state index contributed by atoms with van der Waals surface area (Å²) in [5.74, 6) is 0.645. The van der Waals surface area contributed by atoms with Crippen LogP contribution < -0.4 is 10.6 Å². The van der Waals surface area contributed by atoms with E-state index in [0.29, 0.717) is 12.4 Å². The van der Waals surface area contributed by atoms with E-state index < -0.39 is 11.7 Å². The molecule has 0 bridgehead atoms. The zero-order valence-corrected chi connectivity index (χ0v) is 14.2. The summed E-state index contributed by atoms with van der Waals surface area (Å²) in [6.07, 6.45) is 1.27. The van der Waals surface area contributed by atoms with Gasteiger partial charge in [-0.1, -0.05) is 0 Å². The Morgan fingerprint density at radius 2 is 2.18 bits per heavy atom. The average Bonchev–Trinajstić information content (AvgIpc) is 3.01. The second-order valence-electron chi connectivity index (χ2n) is 6.00. The van der Waals surface area contributed by atoms with Crippen molar-refractivity contribution in [3.05, 3.63) is 34.2 Å². The molecule has 2 N–H and O–H groups in total. The molecule has 0 aliphatic heterocycles. The number of aromatic nitrogens is 2. The first-order valence-corrected chi connectivity index (χ1v) is 8.02. The third-order valence-electron chi connectivity index (χ3n) is 2.86. The Balaban J connectivity index is 1.94. The number of nitrogens with zero attached hydrogens (tertiary/aromatic N) is 2. The summed E-state index contributed by atoms with van der Waals surface area (Å²) < 4.78 is 6.90. The molecule has 0 aliphatic carbocycles. The average molecular weight is 322 g/mol. The standard InChI is InChI=1S/C15H22N4O2S/c1-15(2,3)21-14(20)18-13-12(9-17-19(13)4)8-16-7-11-5-6-22-10-11/h5-6,9-10,16H,7-8H2,1-4H3,(H,18,20). The van der Waals surface area contributed by atoms with Crippen LogP contribution in [0.4, 0.5) is 10.6 Å². The summed E-state index contributed by atoms with van der Waals surface area (Å²) in [5.41, 5.74) is 1.64. The number of amides is 1. The molecule has 0 atom stereocenters. The highest BCUT2D eigenvalue weighted by Gasteiger charge is 2.18. The number of hydrogen-bond acceptors (Lipinski definition) is 5. The van der Waals surface area contributed by atoms with E-state index in [4.69, 9.17) is 4.74 Å². The van der Waals surface area contributed by atoms with Gasteiger partial charge in [-0.2, -0.15) is 16.4 Å². The minimum absolute atomic E-state index is 0.477. The smallest absolute Gasteiger partial charge is 0.413 e. The Hall–Kier alpha value is -1.86. The minimum atomic E-state index is -0.528. The maximum atomic E-state index is 11.9. The van der Waals surface area contributed by atoms with Gasteiger partial charge in [-0.15, -0.1) is 0 Å². The van der Waals surface area contributed by atoms with Crippen LogP contribution in [-0.4, -0.2) is 21.5 Å². The lowest BCUT2D eigenvalue weighted by atomic mass is 10.2. The van der Waals surface area contributed by atoms with E-state index in [2.05, 4.69) is 32.6 Å². The highest BCUT2D eigenvalue weighted by Crippen LogP contribution is 2.16. The highest BCUT2D eigenvalue weighted by atomic mass is 32.1. The molecule has 1 amide bonds. The molecule has 2 heterocycles. The summed E-state index contributed by atoms with van der Waals surface area (Å²) in [4.78, 5) is 11.9. The number of aryl methyl sites for hydroxylation is 1. The number of carbonyl (C=O) groups excluding carboxylic acids is 1. The Kier molecular flexibility index (Phi) is 5.20. The molecular formula is C15H22N4O2S. The van der Waals surface area contributed by atoms with Crippen LogP contribution in [0.1, 0.15) is 31.9 Å². The first-order valence-electron chi connectivity index (χ1n) is 7.08. The van der Waals surface area contributed by atoms with Crippen LogP contribution in [0.25, 0.3) is 0 Å². The van der Waals surface area contributed by atoms with E-state index in [9.17, 15) is 4.79 Å². The predicted octanol–water partition coefficient (Wildman–Crippen LogP) is 3.12. The topological polar surface area (TPSA) is 68.2 Å². The van der Waals surface area contributed by atoms with Gasteiger partial charge in [0, 0.05) is 25.7 Å². The molecule has 7 heteroatoms. The third kappa shape index (κ3) is 4.85. The summed E-state index contributed by atoms with van der Waals surface area (Å²) in [5, 5.41) is 14.5. The van der Waals surface area contributed by atoms with Crippen molar-refractivity contribution in [3.63, 3.8) is 0 Å². The summed E-state index contributed by atoms with van der Waals surface area (Å²) in [6, 6.07) is 2.08. The normalized spacial score (nSPS) is 11.5. The van der Waals surface area contributed by atoms with Gasteiger partial charge in [0.2, 0.25) is 0 Å². The van der Waals surface area contributed by atoms with Gasteiger partial charge in [0.1, 0.15) is 11.4 Å². The zero-order chi connectivity index (χ0) is 16.2. The maximum absolute atomic E-state index is 11.9. The van der Waals surface area contributed by atoms with E-state index in [1.165, 1.54) is 5.56 Å². The lowest BCUT2D eigenvalue weighted by Gasteiger charge is -2.20.